The van der Waals surface area contributed by atoms with Crippen LogP contribution >= 0.6 is 15.9 Å². The number of aromatic nitrogens is 2. The summed E-state index contributed by atoms with van der Waals surface area (Å²) in [7, 11) is 0. The molecule has 0 radical (unpaired) electrons. The molecule has 0 aliphatic heterocycles. The van der Waals surface area contributed by atoms with Crippen LogP contribution in [0.4, 0.5) is 0 Å². The van der Waals surface area contributed by atoms with E-state index in [0.29, 0.717) is 5.69 Å². The lowest BCUT2D eigenvalue weighted by molar-refractivity contribution is 0.111. The van der Waals surface area contributed by atoms with E-state index in [9.17, 15) is 4.79 Å². The summed E-state index contributed by atoms with van der Waals surface area (Å²) >= 11 is 3.36. The maximum Gasteiger partial charge on any atom is 0.170 e. The zero-order chi connectivity index (χ0) is 10.8. The lowest BCUT2D eigenvalue weighted by Crippen LogP contribution is -1.82. The Morgan fingerprint density at radius 1 is 1.33 bits per heavy atom. The highest BCUT2D eigenvalue weighted by Crippen LogP contribution is 2.19. The Labute approximate surface area is 95.7 Å². The molecular weight excluding hydrogens is 256 g/mol. The fourth-order valence-electron chi connectivity index (χ4n) is 1.33. The molecule has 0 aliphatic rings. The number of imidazole rings is 1. The molecule has 1 heterocycles. The van der Waals surface area contributed by atoms with Crippen LogP contribution in [0.15, 0.2) is 28.7 Å². The fourth-order valence-corrected chi connectivity index (χ4v) is 1.60. The third-order valence-electron chi connectivity index (χ3n) is 2.15. The quantitative estimate of drug-likeness (QED) is 0.848. The zero-order valence-electron chi connectivity index (χ0n) is 8.12. The number of nitrogens with one attached hydrogen (secondary N) is 1. The summed E-state index contributed by atoms with van der Waals surface area (Å²) in [6.45, 7) is 1.83. The molecule has 0 unspecified atom stereocenters. The predicted octanol–water partition coefficient (Wildman–Crippen LogP) is 2.96. The molecule has 0 fully saturated rings. The maximum absolute atomic E-state index is 10.6. The van der Waals surface area contributed by atoms with E-state index in [1.807, 2.05) is 31.2 Å². The Hall–Kier alpha value is -1.42. The Morgan fingerprint density at radius 2 is 2.00 bits per heavy atom. The number of aryl methyl sites for hydroxylation is 1. The van der Waals surface area contributed by atoms with Crippen LogP contribution in [0, 0.1) is 6.92 Å². The normalized spacial score (nSPS) is 10.3. The first-order valence-corrected chi connectivity index (χ1v) is 5.27. The highest BCUT2D eigenvalue weighted by Gasteiger charge is 2.06. The molecule has 0 amide bonds. The molecule has 2 rings (SSSR count). The minimum absolute atomic E-state index is 0.466. The number of halogens is 1. The molecule has 76 valence electrons. The molecule has 1 aromatic heterocycles. The van der Waals surface area contributed by atoms with Crippen molar-refractivity contribution in [2.75, 3.05) is 0 Å². The molecule has 3 nitrogen and oxygen atoms in total. The molecular formula is C11H9BrN2O. The Morgan fingerprint density at radius 3 is 2.53 bits per heavy atom. The van der Waals surface area contributed by atoms with Crippen molar-refractivity contribution in [3.63, 3.8) is 0 Å². The lowest BCUT2D eigenvalue weighted by atomic mass is 10.2. The number of carbonyl (C=O) groups is 1. The molecule has 0 aliphatic carbocycles. The molecule has 0 bridgehead atoms. The second-order valence-corrected chi connectivity index (χ2v) is 4.14. The van der Waals surface area contributed by atoms with Crippen molar-refractivity contribution >= 4 is 22.2 Å². The Balaban J connectivity index is 2.45. The summed E-state index contributed by atoms with van der Waals surface area (Å²) in [4.78, 5) is 17.9. The van der Waals surface area contributed by atoms with Crippen LogP contribution in [0.25, 0.3) is 11.4 Å². The highest BCUT2D eigenvalue weighted by atomic mass is 79.9. The first kappa shape index (κ1) is 10.1. The lowest BCUT2D eigenvalue weighted by Gasteiger charge is -1.95. The molecule has 1 aromatic carbocycles. The summed E-state index contributed by atoms with van der Waals surface area (Å²) in [5, 5.41) is 0. The van der Waals surface area contributed by atoms with Gasteiger partial charge in [-0.25, -0.2) is 4.98 Å². The largest absolute Gasteiger partial charge is 0.341 e. The van der Waals surface area contributed by atoms with E-state index in [0.717, 1.165) is 27.8 Å². The number of benzene rings is 1. The van der Waals surface area contributed by atoms with Gasteiger partial charge in [-0.15, -0.1) is 0 Å². The van der Waals surface area contributed by atoms with Crippen LogP contribution in [0.5, 0.6) is 0 Å². The van der Waals surface area contributed by atoms with Gasteiger partial charge in [0.2, 0.25) is 0 Å². The summed E-state index contributed by atoms with van der Waals surface area (Å²) in [5.74, 6) is 0.724. The number of rotatable bonds is 2. The van der Waals surface area contributed by atoms with Crippen molar-refractivity contribution in [3.05, 3.63) is 40.1 Å². The van der Waals surface area contributed by atoms with Gasteiger partial charge in [0.25, 0.3) is 0 Å². The SMILES string of the molecule is Cc1[nH]c(-c2ccc(Br)cc2)nc1C=O. The molecule has 0 spiro atoms. The van der Waals surface area contributed by atoms with Crippen LogP contribution in [0.1, 0.15) is 16.2 Å². The third kappa shape index (κ3) is 1.99. The van der Waals surface area contributed by atoms with Crippen molar-refractivity contribution in [1.29, 1.82) is 0 Å². The van der Waals surface area contributed by atoms with Gasteiger partial charge in [-0.3, -0.25) is 4.79 Å². The summed E-state index contributed by atoms with van der Waals surface area (Å²) < 4.78 is 1.02. The van der Waals surface area contributed by atoms with Gasteiger partial charge in [0.1, 0.15) is 11.5 Å². The number of hydrogen-bond donors (Lipinski definition) is 1. The molecule has 0 saturated carbocycles. The van der Waals surface area contributed by atoms with Gasteiger partial charge in [-0.1, -0.05) is 28.1 Å². The molecule has 15 heavy (non-hydrogen) atoms. The van der Waals surface area contributed by atoms with E-state index < -0.39 is 0 Å². The number of aldehydes is 1. The first-order chi connectivity index (χ1) is 7.20. The van der Waals surface area contributed by atoms with E-state index in [4.69, 9.17) is 0 Å². The Bertz CT molecular complexity index is 488. The van der Waals surface area contributed by atoms with Gasteiger partial charge in [0.05, 0.1) is 0 Å². The Kier molecular flexibility index (Phi) is 2.68. The second kappa shape index (κ2) is 3.98. The second-order valence-electron chi connectivity index (χ2n) is 3.22. The highest BCUT2D eigenvalue weighted by molar-refractivity contribution is 9.10. The van der Waals surface area contributed by atoms with Crippen molar-refractivity contribution < 1.29 is 4.79 Å². The monoisotopic (exact) mass is 264 g/mol. The van der Waals surface area contributed by atoms with Gasteiger partial charge in [0, 0.05) is 15.7 Å². The van der Waals surface area contributed by atoms with Gasteiger partial charge in [-0.05, 0) is 19.1 Å². The van der Waals surface area contributed by atoms with Crippen molar-refractivity contribution in [3.8, 4) is 11.4 Å². The van der Waals surface area contributed by atoms with E-state index >= 15 is 0 Å². The van der Waals surface area contributed by atoms with Crippen LogP contribution < -0.4 is 0 Å². The molecule has 1 N–H and O–H groups in total. The zero-order valence-corrected chi connectivity index (χ0v) is 9.71. The third-order valence-corrected chi connectivity index (χ3v) is 2.68. The van der Waals surface area contributed by atoms with E-state index in [1.54, 1.807) is 0 Å². The summed E-state index contributed by atoms with van der Waals surface area (Å²) in [5.41, 5.74) is 2.23. The number of aromatic amines is 1. The van der Waals surface area contributed by atoms with Gasteiger partial charge < -0.3 is 4.98 Å². The van der Waals surface area contributed by atoms with Crippen LogP contribution in [0.2, 0.25) is 0 Å². The molecule has 4 heteroatoms. The van der Waals surface area contributed by atoms with Gasteiger partial charge in [-0.2, -0.15) is 0 Å². The maximum atomic E-state index is 10.6. The van der Waals surface area contributed by atoms with E-state index in [-0.39, 0.29) is 0 Å². The minimum Gasteiger partial charge on any atom is -0.341 e. The van der Waals surface area contributed by atoms with Gasteiger partial charge >= 0.3 is 0 Å². The van der Waals surface area contributed by atoms with Crippen molar-refractivity contribution in [1.82, 2.24) is 9.97 Å². The van der Waals surface area contributed by atoms with E-state index in [1.165, 1.54) is 0 Å². The summed E-state index contributed by atoms with van der Waals surface area (Å²) in [6, 6.07) is 7.76. The van der Waals surface area contributed by atoms with Crippen molar-refractivity contribution in [2.24, 2.45) is 0 Å². The average molecular weight is 265 g/mol. The standard InChI is InChI=1S/C11H9BrN2O/c1-7-10(6-15)14-11(13-7)8-2-4-9(12)5-3-8/h2-6H,1H3,(H,13,14). The minimum atomic E-state index is 0.466. The topological polar surface area (TPSA) is 45.8 Å². The number of nitrogens with zero attached hydrogens (tertiary/aromatic N) is 1. The van der Waals surface area contributed by atoms with Crippen LogP contribution in [-0.2, 0) is 0 Å². The van der Waals surface area contributed by atoms with E-state index in [2.05, 4.69) is 25.9 Å². The average Bonchev–Trinajstić information content (AvgIpc) is 2.61. The smallest absolute Gasteiger partial charge is 0.170 e. The van der Waals surface area contributed by atoms with Crippen LogP contribution in [-0.4, -0.2) is 16.3 Å². The van der Waals surface area contributed by atoms with Crippen molar-refractivity contribution in [2.45, 2.75) is 6.92 Å². The molecule has 0 saturated heterocycles. The number of H-pyrrole nitrogens is 1. The summed E-state index contributed by atoms with van der Waals surface area (Å²) in [6.07, 6.45) is 0.758. The predicted molar refractivity (Wildman–Crippen MR) is 61.8 cm³/mol. The van der Waals surface area contributed by atoms with Crippen LogP contribution in [0.3, 0.4) is 0 Å². The first-order valence-electron chi connectivity index (χ1n) is 4.48. The molecule has 0 atom stereocenters. The fraction of sp³-hybridized carbons (Fsp3) is 0.0909. The molecule has 2 aromatic rings. The number of hydrogen-bond acceptors (Lipinski definition) is 2. The van der Waals surface area contributed by atoms with Gasteiger partial charge in [0.15, 0.2) is 6.29 Å². The number of carbonyl (C=O) groups excluding carboxylic acids is 1.